The van der Waals surface area contributed by atoms with Gasteiger partial charge in [-0.2, -0.15) is 18.9 Å². The molecule has 0 saturated carbocycles. The van der Waals surface area contributed by atoms with Gasteiger partial charge in [0.05, 0.1) is 14.4 Å². The summed E-state index contributed by atoms with van der Waals surface area (Å²) in [5, 5.41) is 7.82. The Morgan fingerprint density at radius 1 is 1.31 bits per heavy atom. The molecule has 0 bridgehead atoms. The van der Waals surface area contributed by atoms with E-state index >= 15 is 0 Å². The summed E-state index contributed by atoms with van der Waals surface area (Å²) >= 11 is 11.1. The van der Waals surface area contributed by atoms with Gasteiger partial charge in [0.2, 0.25) is 5.95 Å². The van der Waals surface area contributed by atoms with Gasteiger partial charge < -0.3 is 10.1 Å². The van der Waals surface area contributed by atoms with Gasteiger partial charge in [0.1, 0.15) is 18.1 Å². The number of anilines is 1. The molecule has 134 valence electrons. The summed E-state index contributed by atoms with van der Waals surface area (Å²) < 4.78 is 32.9. The largest absolute Gasteiger partial charge is 0.434 e. The van der Waals surface area contributed by atoms with Crippen LogP contribution in [0.15, 0.2) is 46.5 Å². The number of aromatic nitrogens is 3. The summed E-state index contributed by atoms with van der Waals surface area (Å²) in [5.74, 6) is 0.542. The van der Waals surface area contributed by atoms with Gasteiger partial charge in [0.15, 0.2) is 0 Å². The van der Waals surface area contributed by atoms with Crippen LogP contribution in [0.3, 0.4) is 0 Å². The summed E-state index contributed by atoms with van der Waals surface area (Å²) in [6, 6.07) is 7.91. The third-order valence-corrected chi connectivity index (χ3v) is 5.64. The van der Waals surface area contributed by atoms with Crippen molar-refractivity contribution < 1.29 is 13.5 Å². The van der Waals surface area contributed by atoms with Crippen LogP contribution in [0.2, 0.25) is 5.02 Å². The summed E-state index contributed by atoms with van der Waals surface area (Å²) in [6.07, 6.45) is 3.28. The van der Waals surface area contributed by atoms with Crippen LogP contribution in [0.4, 0.5) is 14.7 Å². The molecule has 0 fully saturated rings. The van der Waals surface area contributed by atoms with E-state index in [9.17, 15) is 8.78 Å². The van der Waals surface area contributed by atoms with Crippen molar-refractivity contribution in [2.75, 3.05) is 5.32 Å². The number of nitrogens with one attached hydrogen (secondary N) is 1. The highest BCUT2D eigenvalue weighted by Crippen LogP contribution is 2.39. The van der Waals surface area contributed by atoms with Gasteiger partial charge >= 0.3 is 6.61 Å². The van der Waals surface area contributed by atoms with Crippen molar-refractivity contribution in [1.29, 1.82) is 0 Å². The Morgan fingerprint density at radius 3 is 2.88 bits per heavy atom. The number of ether oxygens (including phenoxy) is 1. The highest BCUT2D eigenvalue weighted by atomic mass is 79.9. The van der Waals surface area contributed by atoms with Crippen molar-refractivity contribution in [3.8, 4) is 5.75 Å². The van der Waals surface area contributed by atoms with E-state index in [-0.39, 0.29) is 5.75 Å². The van der Waals surface area contributed by atoms with Crippen LogP contribution in [0.5, 0.6) is 5.75 Å². The van der Waals surface area contributed by atoms with Gasteiger partial charge in [-0.3, -0.25) is 0 Å². The van der Waals surface area contributed by atoms with Crippen molar-refractivity contribution in [2.24, 2.45) is 0 Å². The number of alkyl halides is 2. The monoisotopic (exact) mass is 458 g/mol. The zero-order valence-corrected chi connectivity index (χ0v) is 16.0. The maximum absolute atomic E-state index is 12.8. The third kappa shape index (κ3) is 3.34. The number of halogens is 4. The van der Waals surface area contributed by atoms with Crippen molar-refractivity contribution in [2.45, 2.75) is 12.7 Å². The molecule has 1 aliphatic heterocycles. The number of thiophene rings is 1. The molecule has 0 unspecified atom stereocenters. The fourth-order valence-electron chi connectivity index (χ4n) is 2.71. The van der Waals surface area contributed by atoms with Crippen molar-refractivity contribution in [1.82, 2.24) is 14.8 Å². The van der Waals surface area contributed by atoms with E-state index in [2.05, 4.69) is 36.1 Å². The number of hydrogen-bond donors (Lipinski definition) is 1. The van der Waals surface area contributed by atoms with Gasteiger partial charge in [-0.05, 0) is 52.3 Å². The van der Waals surface area contributed by atoms with Gasteiger partial charge in [-0.25, -0.2) is 4.68 Å². The lowest BCUT2D eigenvalue weighted by atomic mass is 10.0. The minimum absolute atomic E-state index is 0.0423. The Kier molecular flexibility index (Phi) is 4.68. The molecule has 1 aromatic carbocycles. The average molecular weight is 460 g/mol. The smallest absolute Gasteiger partial charge is 0.387 e. The number of fused-ring (bicyclic) bond motifs is 1. The quantitative estimate of drug-likeness (QED) is 0.566. The minimum atomic E-state index is -2.94. The zero-order chi connectivity index (χ0) is 18.3. The SMILES string of the molecule is FC(F)Oc1ccc(Cl)cc1[C@H]1C=C(c2ccc(Br)s2)Nc2ncnn21. The molecule has 1 aliphatic rings. The Bertz CT molecular complexity index is 990. The molecule has 0 saturated heterocycles. The lowest BCUT2D eigenvalue weighted by Crippen LogP contribution is -2.21. The Hall–Kier alpha value is -1.97. The Balaban J connectivity index is 1.84. The molecular formula is C16H10BrClF2N4OS. The number of allylic oxidation sites excluding steroid dienone is 1. The second-order valence-corrected chi connectivity index (χ2v) is 8.24. The molecular weight excluding hydrogens is 450 g/mol. The first-order valence-electron chi connectivity index (χ1n) is 7.39. The lowest BCUT2D eigenvalue weighted by Gasteiger charge is -2.25. The minimum Gasteiger partial charge on any atom is -0.434 e. The van der Waals surface area contributed by atoms with E-state index in [1.54, 1.807) is 10.7 Å². The molecule has 0 amide bonds. The summed E-state index contributed by atoms with van der Waals surface area (Å²) in [5.41, 5.74) is 1.27. The molecule has 3 heterocycles. The molecule has 0 spiro atoms. The summed E-state index contributed by atoms with van der Waals surface area (Å²) in [7, 11) is 0. The van der Waals surface area contributed by atoms with Gasteiger partial charge in [-0.1, -0.05) is 11.6 Å². The van der Waals surface area contributed by atoms with Crippen LogP contribution < -0.4 is 10.1 Å². The normalized spacial score (nSPS) is 16.2. The zero-order valence-electron chi connectivity index (χ0n) is 12.9. The molecule has 1 N–H and O–H groups in total. The summed E-state index contributed by atoms with van der Waals surface area (Å²) in [4.78, 5) is 5.17. The first-order chi connectivity index (χ1) is 12.5. The number of hydrogen-bond acceptors (Lipinski definition) is 5. The van der Waals surface area contributed by atoms with Crippen LogP contribution >= 0.6 is 38.9 Å². The lowest BCUT2D eigenvalue weighted by molar-refractivity contribution is -0.0506. The molecule has 10 heteroatoms. The summed E-state index contributed by atoms with van der Waals surface area (Å²) in [6.45, 7) is -2.94. The van der Waals surface area contributed by atoms with E-state index in [4.69, 9.17) is 11.6 Å². The molecule has 5 nitrogen and oxygen atoms in total. The molecule has 3 aromatic rings. The van der Waals surface area contributed by atoms with Crippen molar-refractivity contribution >= 4 is 50.5 Å². The number of rotatable bonds is 4. The molecule has 26 heavy (non-hydrogen) atoms. The maximum atomic E-state index is 12.8. The van der Waals surface area contributed by atoms with E-state index < -0.39 is 12.7 Å². The molecule has 0 radical (unpaired) electrons. The predicted octanol–water partition coefficient (Wildman–Crippen LogP) is 5.41. The Morgan fingerprint density at radius 2 is 2.15 bits per heavy atom. The van der Waals surface area contributed by atoms with Crippen molar-refractivity contribution in [3.05, 3.63) is 62.0 Å². The van der Waals surface area contributed by atoms with Crippen LogP contribution in [-0.4, -0.2) is 21.4 Å². The van der Waals surface area contributed by atoms with Gasteiger partial charge in [0.25, 0.3) is 0 Å². The van der Waals surface area contributed by atoms with Crippen LogP contribution in [-0.2, 0) is 0 Å². The highest BCUT2D eigenvalue weighted by Gasteiger charge is 2.27. The average Bonchev–Trinajstić information content (AvgIpc) is 3.23. The van der Waals surface area contributed by atoms with E-state index in [1.165, 1.54) is 29.8 Å². The standard InChI is InChI=1S/C16H10BrClF2N4OS/c17-14-4-3-13(26-14)10-6-11(24-16(23-10)21-7-22-24)9-5-8(18)1-2-12(9)25-15(19)20/h1-7,11,15H,(H,21,22,23)/t11-/m1/s1. The van der Waals surface area contributed by atoms with Crippen LogP contribution in [0.25, 0.3) is 5.70 Å². The fraction of sp³-hybridized carbons (Fsp3) is 0.125. The molecule has 0 aliphatic carbocycles. The number of nitrogens with zero attached hydrogens (tertiary/aromatic N) is 3. The topological polar surface area (TPSA) is 52.0 Å². The van der Waals surface area contributed by atoms with Gasteiger partial charge in [0, 0.05) is 10.6 Å². The van der Waals surface area contributed by atoms with E-state index in [0.717, 1.165) is 14.4 Å². The first kappa shape index (κ1) is 17.4. The maximum Gasteiger partial charge on any atom is 0.387 e. The Labute approximate surface area is 164 Å². The van der Waals surface area contributed by atoms with Crippen molar-refractivity contribution in [3.63, 3.8) is 0 Å². The van der Waals surface area contributed by atoms with Crippen LogP contribution in [0.1, 0.15) is 16.5 Å². The molecule has 1 atom stereocenters. The fourth-order valence-corrected chi connectivity index (χ4v) is 4.26. The molecule has 4 rings (SSSR count). The van der Waals surface area contributed by atoms with E-state index in [1.807, 2.05) is 18.2 Å². The second kappa shape index (κ2) is 6.98. The molecule has 2 aromatic heterocycles. The first-order valence-corrected chi connectivity index (χ1v) is 9.38. The predicted molar refractivity (Wildman–Crippen MR) is 99.9 cm³/mol. The number of benzene rings is 1. The van der Waals surface area contributed by atoms with Crippen LogP contribution in [0, 0.1) is 0 Å². The van der Waals surface area contributed by atoms with E-state index in [0.29, 0.717) is 16.5 Å². The third-order valence-electron chi connectivity index (χ3n) is 3.75. The van der Waals surface area contributed by atoms with Gasteiger partial charge in [-0.15, -0.1) is 11.3 Å². The second-order valence-electron chi connectivity index (χ2n) is 5.34. The highest BCUT2D eigenvalue weighted by molar-refractivity contribution is 9.11.